The summed E-state index contributed by atoms with van der Waals surface area (Å²) in [5.41, 5.74) is 2.47. The van der Waals surface area contributed by atoms with Crippen molar-refractivity contribution in [1.29, 1.82) is 0 Å². The molecule has 2 aromatic rings. The minimum Gasteiger partial charge on any atom is -0.493 e. The third-order valence-corrected chi connectivity index (χ3v) is 4.57. The van der Waals surface area contributed by atoms with Crippen LogP contribution in [0.4, 0.5) is 0 Å². The van der Waals surface area contributed by atoms with E-state index in [1.807, 2.05) is 18.7 Å². The summed E-state index contributed by atoms with van der Waals surface area (Å²) in [5.74, 6) is 1.93. The lowest BCUT2D eigenvalue weighted by Gasteiger charge is -2.25. The molecule has 0 aliphatic carbocycles. The molecule has 3 rings (SSSR count). The van der Waals surface area contributed by atoms with Gasteiger partial charge in [0.1, 0.15) is 5.76 Å². The third kappa shape index (κ3) is 2.72. The van der Waals surface area contributed by atoms with Gasteiger partial charge >= 0.3 is 0 Å². The summed E-state index contributed by atoms with van der Waals surface area (Å²) >= 11 is 0. The Morgan fingerprint density at radius 2 is 2.00 bits per heavy atom. The van der Waals surface area contributed by atoms with Crippen molar-refractivity contribution >= 4 is 5.91 Å². The monoisotopic (exact) mass is 330 g/mol. The van der Waals surface area contributed by atoms with Gasteiger partial charge in [0.2, 0.25) is 0 Å². The van der Waals surface area contributed by atoms with Gasteiger partial charge in [-0.2, -0.15) is 0 Å². The lowest BCUT2D eigenvalue weighted by atomic mass is 10.0. The van der Waals surface area contributed by atoms with Crippen molar-refractivity contribution in [2.45, 2.75) is 32.7 Å². The zero-order valence-corrected chi connectivity index (χ0v) is 14.5. The number of hydrogen-bond acceptors (Lipinski definition) is 5. The third-order valence-electron chi connectivity index (χ3n) is 4.57. The van der Waals surface area contributed by atoms with Gasteiger partial charge in [-0.1, -0.05) is 5.16 Å². The van der Waals surface area contributed by atoms with Crippen LogP contribution in [0.3, 0.4) is 0 Å². The van der Waals surface area contributed by atoms with Crippen molar-refractivity contribution in [1.82, 2.24) is 10.1 Å². The van der Waals surface area contributed by atoms with Crippen LogP contribution in [0.1, 0.15) is 46.3 Å². The summed E-state index contributed by atoms with van der Waals surface area (Å²) in [6, 6.07) is 5.26. The highest BCUT2D eigenvalue weighted by molar-refractivity contribution is 5.95. The van der Waals surface area contributed by atoms with Gasteiger partial charge in [0, 0.05) is 17.7 Å². The van der Waals surface area contributed by atoms with Gasteiger partial charge in [-0.15, -0.1) is 0 Å². The van der Waals surface area contributed by atoms with Crippen LogP contribution >= 0.6 is 0 Å². The fourth-order valence-electron chi connectivity index (χ4n) is 3.41. The lowest BCUT2D eigenvalue weighted by molar-refractivity contribution is 0.0734. The Labute approximate surface area is 141 Å². The molecule has 128 valence electrons. The number of ether oxygens (including phenoxy) is 2. The van der Waals surface area contributed by atoms with E-state index in [4.69, 9.17) is 14.0 Å². The molecule has 1 aromatic heterocycles. The number of aryl methyl sites for hydroxylation is 2. The number of benzene rings is 1. The number of methoxy groups -OCH3 is 2. The van der Waals surface area contributed by atoms with Crippen LogP contribution in [0.25, 0.3) is 0 Å². The van der Waals surface area contributed by atoms with Gasteiger partial charge in [-0.3, -0.25) is 4.79 Å². The number of aromatic nitrogens is 1. The second-order valence-corrected chi connectivity index (χ2v) is 5.96. The first-order chi connectivity index (χ1) is 11.6. The van der Waals surface area contributed by atoms with E-state index < -0.39 is 0 Å². The maximum atomic E-state index is 13.0. The fraction of sp³-hybridized carbons (Fsp3) is 0.444. The van der Waals surface area contributed by atoms with E-state index in [2.05, 4.69) is 5.16 Å². The van der Waals surface area contributed by atoms with Gasteiger partial charge in [-0.05, 0) is 44.9 Å². The number of rotatable bonds is 4. The van der Waals surface area contributed by atoms with Gasteiger partial charge in [0.25, 0.3) is 5.91 Å². The van der Waals surface area contributed by atoms with E-state index in [-0.39, 0.29) is 11.9 Å². The first-order valence-electron chi connectivity index (χ1n) is 8.02. The van der Waals surface area contributed by atoms with Crippen molar-refractivity contribution in [3.8, 4) is 11.5 Å². The standard InChI is InChI=1S/C18H22N2O4/c1-11-17(12(2)24-19-11)14-6-5-9-20(14)18(21)13-7-8-15(22-3)16(10-13)23-4/h7-8,10,14H,5-6,9H2,1-4H3/t14-/m1/s1. The van der Waals surface area contributed by atoms with Crippen LogP contribution in [-0.4, -0.2) is 36.7 Å². The van der Waals surface area contributed by atoms with Crippen LogP contribution < -0.4 is 9.47 Å². The molecule has 1 saturated heterocycles. The molecule has 24 heavy (non-hydrogen) atoms. The maximum Gasteiger partial charge on any atom is 0.254 e. The number of carbonyl (C=O) groups excluding carboxylic acids is 1. The van der Waals surface area contributed by atoms with E-state index in [0.717, 1.165) is 36.4 Å². The molecule has 0 saturated carbocycles. The summed E-state index contributed by atoms with van der Waals surface area (Å²) in [4.78, 5) is 14.9. The van der Waals surface area contributed by atoms with E-state index in [9.17, 15) is 4.79 Å². The molecule has 0 spiro atoms. The van der Waals surface area contributed by atoms with Crippen LogP contribution in [0, 0.1) is 13.8 Å². The van der Waals surface area contributed by atoms with E-state index >= 15 is 0 Å². The Hall–Kier alpha value is -2.50. The number of nitrogens with zero attached hydrogens (tertiary/aromatic N) is 2. The highest BCUT2D eigenvalue weighted by Gasteiger charge is 2.34. The molecule has 6 heteroatoms. The van der Waals surface area contributed by atoms with Crippen LogP contribution in [0.15, 0.2) is 22.7 Å². The van der Waals surface area contributed by atoms with Gasteiger partial charge in [-0.25, -0.2) is 0 Å². The second-order valence-electron chi connectivity index (χ2n) is 5.96. The second kappa shape index (κ2) is 6.55. The highest BCUT2D eigenvalue weighted by atomic mass is 16.5. The smallest absolute Gasteiger partial charge is 0.254 e. The minimum atomic E-state index is -0.0153. The Balaban J connectivity index is 1.92. The Kier molecular flexibility index (Phi) is 4.46. The normalized spacial score (nSPS) is 17.2. The van der Waals surface area contributed by atoms with Crippen molar-refractivity contribution in [3.05, 3.63) is 40.8 Å². The quantitative estimate of drug-likeness (QED) is 0.861. The molecular weight excluding hydrogens is 308 g/mol. The van der Waals surface area contributed by atoms with Crippen LogP contribution in [0.5, 0.6) is 11.5 Å². The largest absolute Gasteiger partial charge is 0.493 e. The van der Waals surface area contributed by atoms with E-state index in [0.29, 0.717) is 17.1 Å². The molecule has 1 aliphatic rings. The molecule has 1 amide bonds. The van der Waals surface area contributed by atoms with Crippen LogP contribution in [-0.2, 0) is 0 Å². The van der Waals surface area contributed by atoms with Gasteiger partial charge < -0.3 is 18.9 Å². The number of amides is 1. The first-order valence-corrected chi connectivity index (χ1v) is 8.02. The van der Waals surface area contributed by atoms with E-state index in [1.165, 1.54) is 0 Å². The number of carbonyl (C=O) groups is 1. The van der Waals surface area contributed by atoms with Crippen molar-refractivity contribution < 1.29 is 18.8 Å². The average Bonchev–Trinajstić information content (AvgIpc) is 3.19. The summed E-state index contributed by atoms with van der Waals surface area (Å²) in [7, 11) is 3.14. The fourth-order valence-corrected chi connectivity index (χ4v) is 3.41. The summed E-state index contributed by atoms with van der Waals surface area (Å²) in [6.07, 6.45) is 1.88. The number of hydrogen-bond donors (Lipinski definition) is 0. The van der Waals surface area contributed by atoms with E-state index in [1.54, 1.807) is 32.4 Å². The molecule has 0 bridgehead atoms. The molecule has 1 atom stereocenters. The lowest BCUT2D eigenvalue weighted by Crippen LogP contribution is -2.31. The summed E-state index contributed by atoms with van der Waals surface area (Å²) in [6.45, 7) is 4.54. The zero-order chi connectivity index (χ0) is 17.3. The molecule has 0 N–H and O–H groups in total. The Bertz CT molecular complexity index is 734. The molecule has 1 aromatic carbocycles. The maximum absolute atomic E-state index is 13.0. The Morgan fingerprint density at radius 1 is 1.25 bits per heavy atom. The number of likely N-dealkylation sites (tertiary alicyclic amines) is 1. The molecule has 1 fully saturated rings. The SMILES string of the molecule is COc1ccc(C(=O)N2CCC[C@@H]2c2c(C)noc2C)cc1OC. The average molecular weight is 330 g/mol. The molecule has 2 heterocycles. The molecule has 1 aliphatic heterocycles. The summed E-state index contributed by atoms with van der Waals surface area (Å²) in [5, 5.41) is 4.03. The molecule has 0 unspecified atom stereocenters. The van der Waals surface area contributed by atoms with Crippen LogP contribution in [0.2, 0.25) is 0 Å². The first kappa shape index (κ1) is 16.4. The molecule has 6 nitrogen and oxygen atoms in total. The molecule has 0 radical (unpaired) electrons. The topological polar surface area (TPSA) is 64.8 Å². The van der Waals surface area contributed by atoms with Gasteiger partial charge in [0.15, 0.2) is 11.5 Å². The van der Waals surface area contributed by atoms with Gasteiger partial charge in [0.05, 0.1) is 26.0 Å². The minimum absolute atomic E-state index is 0.0110. The van der Waals surface area contributed by atoms with Crippen molar-refractivity contribution in [3.63, 3.8) is 0 Å². The van der Waals surface area contributed by atoms with Crippen molar-refractivity contribution in [2.75, 3.05) is 20.8 Å². The zero-order valence-electron chi connectivity index (χ0n) is 14.5. The predicted molar refractivity (Wildman–Crippen MR) is 88.5 cm³/mol. The highest BCUT2D eigenvalue weighted by Crippen LogP contribution is 2.37. The summed E-state index contributed by atoms with van der Waals surface area (Å²) < 4.78 is 15.8. The molecular formula is C18H22N2O4. The Morgan fingerprint density at radius 3 is 2.62 bits per heavy atom. The van der Waals surface area contributed by atoms with Crippen molar-refractivity contribution in [2.24, 2.45) is 0 Å². The predicted octanol–water partition coefficient (Wildman–Crippen LogP) is 3.29.